The number of nitrogens with two attached hydrogens (primary N) is 1. The first kappa shape index (κ1) is 14.3. The number of primary amides is 1. The zero-order valence-corrected chi connectivity index (χ0v) is 11.3. The number of piperidine rings is 1. The van der Waals surface area contributed by atoms with Gasteiger partial charge >= 0.3 is 0 Å². The molecule has 7 nitrogen and oxygen atoms in total. The second-order valence-electron chi connectivity index (χ2n) is 5.07. The molecule has 1 saturated heterocycles. The van der Waals surface area contributed by atoms with Crippen LogP contribution >= 0.6 is 0 Å². The molecule has 1 aliphatic rings. The van der Waals surface area contributed by atoms with E-state index >= 15 is 0 Å². The van der Waals surface area contributed by atoms with Crippen molar-refractivity contribution < 1.29 is 9.72 Å². The van der Waals surface area contributed by atoms with Gasteiger partial charge in [0.25, 0.3) is 11.6 Å². The van der Waals surface area contributed by atoms with Crippen LogP contribution in [-0.4, -0.2) is 41.9 Å². The molecule has 0 bridgehead atoms. The number of nitrogens with one attached hydrogen (secondary N) is 1. The molecule has 1 heterocycles. The molecule has 7 heteroatoms. The molecule has 1 aliphatic heterocycles. The van der Waals surface area contributed by atoms with E-state index in [9.17, 15) is 14.9 Å². The molecule has 1 amide bonds. The second kappa shape index (κ2) is 5.87. The topological polar surface area (TPSA) is 102 Å². The number of likely N-dealkylation sites (tertiary alicyclic amines) is 1. The number of carbonyl (C=O) groups excluding carboxylic acids is 1. The summed E-state index contributed by atoms with van der Waals surface area (Å²) in [6.07, 6.45) is 1.93. The number of rotatable bonds is 4. The Bertz CT molecular complexity index is 524. The van der Waals surface area contributed by atoms with Crippen LogP contribution in [0.25, 0.3) is 0 Å². The molecule has 0 spiro atoms. The highest BCUT2D eigenvalue weighted by Gasteiger charge is 2.20. The molecule has 0 saturated carbocycles. The van der Waals surface area contributed by atoms with Crippen molar-refractivity contribution in [2.24, 2.45) is 5.73 Å². The highest BCUT2D eigenvalue weighted by molar-refractivity contribution is 5.99. The molecule has 1 aromatic carbocycles. The van der Waals surface area contributed by atoms with Crippen molar-refractivity contribution in [2.45, 2.75) is 18.9 Å². The quantitative estimate of drug-likeness (QED) is 0.636. The number of non-ortho nitro benzene ring substituents is 1. The number of nitrogens with zero attached hydrogens (tertiary/aromatic N) is 2. The largest absolute Gasteiger partial charge is 0.382 e. The lowest BCUT2D eigenvalue weighted by Crippen LogP contribution is -2.37. The molecular weight excluding hydrogens is 260 g/mol. The molecule has 1 aromatic rings. The lowest BCUT2D eigenvalue weighted by molar-refractivity contribution is -0.384. The van der Waals surface area contributed by atoms with Crippen LogP contribution in [0.4, 0.5) is 11.4 Å². The van der Waals surface area contributed by atoms with Gasteiger partial charge in [-0.25, -0.2) is 0 Å². The number of anilines is 1. The Labute approximate surface area is 116 Å². The predicted molar refractivity (Wildman–Crippen MR) is 75.8 cm³/mol. The predicted octanol–water partition coefficient (Wildman–Crippen LogP) is 1.20. The maximum Gasteiger partial charge on any atom is 0.270 e. The van der Waals surface area contributed by atoms with Crippen LogP contribution in [0, 0.1) is 10.1 Å². The fourth-order valence-electron chi connectivity index (χ4n) is 2.35. The number of amides is 1. The minimum absolute atomic E-state index is 0.132. The van der Waals surface area contributed by atoms with Gasteiger partial charge in [-0.1, -0.05) is 0 Å². The van der Waals surface area contributed by atoms with Gasteiger partial charge in [-0.05, 0) is 39.0 Å². The highest BCUT2D eigenvalue weighted by Crippen LogP contribution is 2.24. The lowest BCUT2D eigenvalue weighted by atomic mass is 10.0. The molecule has 0 aliphatic carbocycles. The Hall–Kier alpha value is -2.15. The second-order valence-corrected chi connectivity index (χ2v) is 5.07. The molecule has 3 N–H and O–H groups in total. The molecule has 2 rings (SSSR count). The van der Waals surface area contributed by atoms with E-state index in [4.69, 9.17) is 5.73 Å². The van der Waals surface area contributed by atoms with Crippen LogP contribution in [0.1, 0.15) is 23.2 Å². The Kier molecular flexibility index (Phi) is 4.19. The molecule has 1 fully saturated rings. The molecule has 0 unspecified atom stereocenters. The standard InChI is InChI=1S/C13H18N4O3/c1-16-6-4-9(5-7-16)15-12-3-2-10(17(19)20)8-11(12)13(14)18/h2-3,8-9,15H,4-7H2,1H3,(H2,14,18). The van der Waals surface area contributed by atoms with Gasteiger partial charge in [0, 0.05) is 23.9 Å². The summed E-state index contributed by atoms with van der Waals surface area (Å²) >= 11 is 0. The summed E-state index contributed by atoms with van der Waals surface area (Å²) < 4.78 is 0. The van der Waals surface area contributed by atoms with Gasteiger partial charge in [-0.2, -0.15) is 0 Å². The molecule has 0 atom stereocenters. The van der Waals surface area contributed by atoms with E-state index < -0.39 is 10.8 Å². The van der Waals surface area contributed by atoms with Gasteiger partial charge in [0.15, 0.2) is 0 Å². The first-order chi connectivity index (χ1) is 9.47. The van der Waals surface area contributed by atoms with E-state index in [0.29, 0.717) is 5.69 Å². The summed E-state index contributed by atoms with van der Waals surface area (Å²) in [7, 11) is 2.07. The lowest BCUT2D eigenvalue weighted by Gasteiger charge is -2.30. The Morgan fingerprint density at radius 1 is 1.45 bits per heavy atom. The van der Waals surface area contributed by atoms with E-state index in [1.165, 1.54) is 12.1 Å². The zero-order chi connectivity index (χ0) is 14.7. The monoisotopic (exact) mass is 278 g/mol. The number of carbonyl (C=O) groups is 1. The fourth-order valence-corrected chi connectivity index (χ4v) is 2.35. The molecule has 20 heavy (non-hydrogen) atoms. The number of hydrogen-bond acceptors (Lipinski definition) is 5. The Balaban J connectivity index is 2.18. The van der Waals surface area contributed by atoms with Crippen molar-refractivity contribution in [2.75, 3.05) is 25.5 Å². The van der Waals surface area contributed by atoms with Gasteiger partial charge in [0.1, 0.15) is 0 Å². The maximum absolute atomic E-state index is 11.4. The third-order valence-corrected chi connectivity index (χ3v) is 3.56. The van der Waals surface area contributed by atoms with Crippen molar-refractivity contribution in [3.05, 3.63) is 33.9 Å². The summed E-state index contributed by atoms with van der Waals surface area (Å²) in [5, 5.41) is 14.0. The van der Waals surface area contributed by atoms with Gasteiger partial charge in [-0.3, -0.25) is 14.9 Å². The highest BCUT2D eigenvalue weighted by atomic mass is 16.6. The van der Waals surface area contributed by atoms with E-state index in [0.717, 1.165) is 25.9 Å². The van der Waals surface area contributed by atoms with Crippen molar-refractivity contribution in [3.63, 3.8) is 0 Å². The SMILES string of the molecule is CN1CCC(Nc2ccc([N+](=O)[O-])cc2C(N)=O)CC1. The average Bonchev–Trinajstić information content (AvgIpc) is 2.41. The van der Waals surface area contributed by atoms with Gasteiger partial charge < -0.3 is 16.0 Å². The van der Waals surface area contributed by atoms with E-state index in [1.54, 1.807) is 6.07 Å². The summed E-state index contributed by atoms with van der Waals surface area (Å²) in [4.78, 5) is 23.9. The van der Waals surface area contributed by atoms with Crippen LogP contribution in [0.5, 0.6) is 0 Å². The number of nitro benzene ring substituents is 1. The number of benzene rings is 1. The van der Waals surface area contributed by atoms with Crippen molar-refractivity contribution in [3.8, 4) is 0 Å². The number of hydrogen-bond donors (Lipinski definition) is 2. The Morgan fingerprint density at radius 3 is 2.65 bits per heavy atom. The Morgan fingerprint density at radius 2 is 2.10 bits per heavy atom. The van der Waals surface area contributed by atoms with Gasteiger partial charge in [0.05, 0.1) is 10.5 Å². The van der Waals surface area contributed by atoms with Crippen LogP contribution in [0.3, 0.4) is 0 Å². The molecule has 0 radical (unpaired) electrons. The van der Waals surface area contributed by atoms with Crippen molar-refractivity contribution in [1.29, 1.82) is 0 Å². The third-order valence-electron chi connectivity index (χ3n) is 3.56. The van der Waals surface area contributed by atoms with Crippen LogP contribution in [-0.2, 0) is 0 Å². The van der Waals surface area contributed by atoms with E-state index in [2.05, 4.69) is 17.3 Å². The van der Waals surface area contributed by atoms with Gasteiger partial charge in [0.2, 0.25) is 0 Å². The first-order valence-electron chi connectivity index (χ1n) is 6.50. The zero-order valence-electron chi connectivity index (χ0n) is 11.3. The summed E-state index contributed by atoms with van der Waals surface area (Å²) in [5.41, 5.74) is 5.90. The first-order valence-corrected chi connectivity index (χ1v) is 6.50. The minimum Gasteiger partial charge on any atom is -0.382 e. The normalized spacial score (nSPS) is 16.9. The minimum atomic E-state index is -0.663. The molecule has 108 valence electrons. The smallest absolute Gasteiger partial charge is 0.270 e. The van der Waals surface area contributed by atoms with Gasteiger partial charge in [-0.15, -0.1) is 0 Å². The maximum atomic E-state index is 11.4. The van der Waals surface area contributed by atoms with Crippen molar-refractivity contribution in [1.82, 2.24) is 4.90 Å². The molecule has 0 aromatic heterocycles. The average molecular weight is 278 g/mol. The van der Waals surface area contributed by atoms with Crippen LogP contribution in [0.2, 0.25) is 0 Å². The van der Waals surface area contributed by atoms with Crippen molar-refractivity contribution >= 4 is 17.3 Å². The van der Waals surface area contributed by atoms with E-state index in [1.807, 2.05) is 0 Å². The summed E-state index contributed by atoms with van der Waals surface area (Å²) in [5.74, 6) is -0.663. The van der Waals surface area contributed by atoms with Crippen LogP contribution in [0.15, 0.2) is 18.2 Å². The fraction of sp³-hybridized carbons (Fsp3) is 0.462. The summed E-state index contributed by atoms with van der Waals surface area (Å²) in [6.45, 7) is 1.97. The summed E-state index contributed by atoms with van der Waals surface area (Å²) in [6, 6.07) is 4.41. The van der Waals surface area contributed by atoms with Crippen LogP contribution < -0.4 is 11.1 Å². The third kappa shape index (κ3) is 3.24. The van der Waals surface area contributed by atoms with E-state index in [-0.39, 0.29) is 17.3 Å². The molecular formula is C13H18N4O3. The number of nitro groups is 1.